The highest BCUT2D eigenvalue weighted by atomic mass is 16.3. The van der Waals surface area contributed by atoms with E-state index in [2.05, 4.69) is 64.2 Å². The Bertz CT molecular complexity index is 1140. The number of hydrogen-bond acceptors (Lipinski definition) is 4. The van der Waals surface area contributed by atoms with Crippen molar-refractivity contribution >= 4 is 5.91 Å². The van der Waals surface area contributed by atoms with E-state index >= 15 is 0 Å². The lowest BCUT2D eigenvalue weighted by molar-refractivity contribution is -0.111. The summed E-state index contributed by atoms with van der Waals surface area (Å²) in [6.45, 7) is 9.52. The standard InChI is InChI=1S/C33H48N2O3/c1-21(35(5)6)27-23(37)18-31(4)25-13-12-24-29(2,20-36)26(34-28(38)22-10-8-7-9-11-22)14-15-32(24)19-33(25,32)17-16-30(27,31)3/h7-13,21,23-27,36-37H,14-20H2,1-6H3,(H,34,38)/t21-,23+,24+,25+,26+,27+,29-,30-,31+,32-,33+/m1/s1. The number of aliphatic hydroxyl groups is 2. The quantitative estimate of drug-likeness (QED) is 0.483. The van der Waals surface area contributed by atoms with Gasteiger partial charge in [0.1, 0.15) is 0 Å². The fraction of sp³-hybridized carbons (Fsp3) is 0.727. The maximum absolute atomic E-state index is 13.1. The summed E-state index contributed by atoms with van der Waals surface area (Å²) in [5.41, 5.74) is 0.870. The Kier molecular flexibility index (Phi) is 5.87. The Morgan fingerprint density at radius 1 is 1.03 bits per heavy atom. The van der Waals surface area contributed by atoms with E-state index in [9.17, 15) is 15.0 Å². The van der Waals surface area contributed by atoms with E-state index in [0.29, 0.717) is 17.5 Å². The second-order valence-corrected chi connectivity index (χ2v) is 14.8. The van der Waals surface area contributed by atoms with Gasteiger partial charge in [-0.3, -0.25) is 4.79 Å². The summed E-state index contributed by atoms with van der Waals surface area (Å²) in [6.07, 6.45) is 11.1. The number of carbonyl (C=O) groups is 1. The van der Waals surface area contributed by atoms with Gasteiger partial charge in [0.25, 0.3) is 5.91 Å². The molecule has 5 aliphatic carbocycles. The topological polar surface area (TPSA) is 72.8 Å². The molecule has 5 aliphatic rings. The Morgan fingerprint density at radius 2 is 1.68 bits per heavy atom. The largest absolute Gasteiger partial charge is 0.396 e. The Labute approximate surface area is 229 Å². The van der Waals surface area contributed by atoms with Gasteiger partial charge in [-0.05, 0) is 105 Å². The number of aliphatic hydroxyl groups excluding tert-OH is 2. The smallest absolute Gasteiger partial charge is 0.251 e. The average molecular weight is 521 g/mol. The maximum atomic E-state index is 13.1. The van der Waals surface area contributed by atoms with Crippen LogP contribution in [0.1, 0.15) is 76.6 Å². The first kappa shape index (κ1) is 26.5. The summed E-state index contributed by atoms with van der Waals surface area (Å²) in [6, 6.07) is 9.72. The first-order valence-corrected chi connectivity index (χ1v) is 14.9. The lowest BCUT2D eigenvalue weighted by atomic mass is 9.43. The van der Waals surface area contributed by atoms with Crippen LogP contribution in [0, 0.1) is 44.8 Å². The lowest BCUT2D eigenvalue weighted by Gasteiger charge is -2.61. The zero-order chi connectivity index (χ0) is 27.3. The molecule has 1 aromatic carbocycles. The third-order valence-corrected chi connectivity index (χ3v) is 13.5. The number of carbonyl (C=O) groups excluding carboxylic acids is 1. The van der Waals surface area contributed by atoms with Crippen molar-refractivity contribution < 1.29 is 15.0 Å². The molecule has 3 N–H and O–H groups in total. The monoisotopic (exact) mass is 520 g/mol. The predicted octanol–water partition coefficient (Wildman–Crippen LogP) is 4.89. The first-order valence-electron chi connectivity index (χ1n) is 14.9. The highest BCUT2D eigenvalue weighted by Gasteiger charge is 2.82. The van der Waals surface area contributed by atoms with Crippen LogP contribution in [0.4, 0.5) is 0 Å². The molecule has 6 rings (SSSR count). The van der Waals surface area contributed by atoms with Gasteiger partial charge in [0.05, 0.1) is 12.7 Å². The number of fused-ring (bicyclic) bond motifs is 2. The molecule has 0 aliphatic heterocycles. The van der Waals surface area contributed by atoms with E-state index in [4.69, 9.17) is 0 Å². The van der Waals surface area contributed by atoms with Crippen LogP contribution in [0.25, 0.3) is 0 Å². The maximum Gasteiger partial charge on any atom is 0.251 e. The normalized spacial score (nSPS) is 49.4. The van der Waals surface area contributed by atoms with Crippen molar-refractivity contribution in [2.24, 2.45) is 44.8 Å². The zero-order valence-corrected chi connectivity index (χ0v) is 24.2. The predicted molar refractivity (Wildman–Crippen MR) is 150 cm³/mol. The number of nitrogens with one attached hydrogen (secondary N) is 1. The lowest BCUT2D eigenvalue weighted by Crippen LogP contribution is -2.60. The molecule has 0 bridgehead atoms. The highest BCUT2D eigenvalue weighted by Crippen LogP contribution is 2.87. The summed E-state index contributed by atoms with van der Waals surface area (Å²) in [4.78, 5) is 15.4. The second kappa shape index (κ2) is 8.41. The van der Waals surface area contributed by atoms with Gasteiger partial charge in [-0.1, -0.05) is 51.1 Å². The van der Waals surface area contributed by atoms with Crippen molar-refractivity contribution in [3.63, 3.8) is 0 Å². The fourth-order valence-electron chi connectivity index (χ4n) is 11.0. The summed E-state index contributed by atoms with van der Waals surface area (Å²) >= 11 is 0. The van der Waals surface area contributed by atoms with Gasteiger partial charge in [0, 0.05) is 29.0 Å². The molecule has 2 spiro atoms. The molecule has 208 valence electrons. The highest BCUT2D eigenvalue weighted by molar-refractivity contribution is 5.94. The minimum Gasteiger partial charge on any atom is -0.396 e. The molecule has 0 unspecified atom stereocenters. The zero-order valence-electron chi connectivity index (χ0n) is 24.2. The van der Waals surface area contributed by atoms with Crippen LogP contribution in [0.2, 0.25) is 0 Å². The number of amides is 1. The summed E-state index contributed by atoms with van der Waals surface area (Å²) in [5.74, 6) is 0.933. The van der Waals surface area contributed by atoms with E-state index in [1.54, 1.807) is 0 Å². The third kappa shape index (κ3) is 3.13. The average Bonchev–Trinajstić information content (AvgIpc) is 3.50. The molecular weight excluding hydrogens is 472 g/mol. The molecule has 1 aromatic rings. The van der Waals surface area contributed by atoms with Gasteiger partial charge in [0.15, 0.2) is 0 Å². The summed E-state index contributed by atoms with van der Waals surface area (Å²) < 4.78 is 0. The number of rotatable bonds is 5. The number of allylic oxidation sites excluding steroid dienone is 2. The van der Waals surface area contributed by atoms with Gasteiger partial charge >= 0.3 is 0 Å². The van der Waals surface area contributed by atoms with Crippen molar-refractivity contribution in [1.82, 2.24) is 10.2 Å². The third-order valence-electron chi connectivity index (χ3n) is 13.5. The van der Waals surface area contributed by atoms with Crippen molar-refractivity contribution in [2.45, 2.75) is 84.4 Å². The summed E-state index contributed by atoms with van der Waals surface area (Å²) in [5, 5.41) is 25.7. The molecule has 0 saturated heterocycles. The molecule has 0 aromatic heterocycles. The molecule has 1 amide bonds. The van der Waals surface area contributed by atoms with Crippen molar-refractivity contribution in [3.8, 4) is 0 Å². The Hall–Kier alpha value is -1.69. The number of nitrogens with zero attached hydrogens (tertiary/aromatic N) is 1. The van der Waals surface area contributed by atoms with E-state index < -0.39 is 5.41 Å². The molecule has 4 fully saturated rings. The van der Waals surface area contributed by atoms with Crippen molar-refractivity contribution in [1.29, 1.82) is 0 Å². The number of benzene rings is 1. The van der Waals surface area contributed by atoms with Crippen LogP contribution in [-0.4, -0.2) is 59.9 Å². The molecule has 0 heterocycles. The van der Waals surface area contributed by atoms with Gasteiger partial charge < -0.3 is 20.4 Å². The van der Waals surface area contributed by atoms with Gasteiger partial charge in [-0.2, -0.15) is 0 Å². The molecule has 38 heavy (non-hydrogen) atoms. The molecule has 4 saturated carbocycles. The van der Waals surface area contributed by atoms with Crippen LogP contribution in [0.3, 0.4) is 0 Å². The minimum atomic E-state index is -0.396. The van der Waals surface area contributed by atoms with Gasteiger partial charge in [0.2, 0.25) is 0 Å². The Morgan fingerprint density at radius 3 is 2.34 bits per heavy atom. The van der Waals surface area contributed by atoms with E-state index in [1.165, 1.54) is 12.8 Å². The molecule has 5 nitrogen and oxygen atoms in total. The van der Waals surface area contributed by atoms with E-state index in [-0.39, 0.29) is 58.2 Å². The van der Waals surface area contributed by atoms with Gasteiger partial charge in [-0.25, -0.2) is 0 Å². The minimum absolute atomic E-state index is 0.0451. The van der Waals surface area contributed by atoms with Crippen molar-refractivity contribution in [2.75, 3.05) is 20.7 Å². The van der Waals surface area contributed by atoms with Crippen molar-refractivity contribution in [3.05, 3.63) is 48.0 Å². The first-order chi connectivity index (χ1) is 17.9. The number of hydrogen-bond donors (Lipinski definition) is 3. The fourth-order valence-corrected chi connectivity index (χ4v) is 11.0. The molecular formula is C33H48N2O3. The molecule has 5 heteroatoms. The molecule has 0 radical (unpaired) electrons. The van der Waals surface area contributed by atoms with Crippen LogP contribution in [0.15, 0.2) is 42.5 Å². The van der Waals surface area contributed by atoms with E-state index in [0.717, 1.165) is 25.7 Å². The SMILES string of the molecule is C[C@H]([C@H]1[C@@H](O)C[C@@]2(C)[C@@H]3C=C[C@H]4[C@@](C)(CO)[C@@H](NC(=O)c5ccccc5)CC[C@@]45C[C@@]35CC[C@]12C)N(C)C. The Balaban J connectivity index is 1.33. The summed E-state index contributed by atoms with van der Waals surface area (Å²) in [7, 11) is 4.29. The van der Waals surface area contributed by atoms with Gasteiger partial charge in [-0.15, -0.1) is 0 Å². The van der Waals surface area contributed by atoms with E-state index in [1.807, 2.05) is 30.3 Å². The van der Waals surface area contributed by atoms with Crippen LogP contribution in [0.5, 0.6) is 0 Å². The van der Waals surface area contributed by atoms with Crippen LogP contribution >= 0.6 is 0 Å². The van der Waals surface area contributed by atoms with Crippen LogP contribution in [-0.2, 0) is 0 Å². The van der Waals surface area contributed by atoms with Crippen LogP contribution < -0.4 is 5.32 Å². The molecule has 11 atom stereocenters. The second-order valence-electron chi connectivity index (χ2n) is 14.8.